The largest absolute Gasteiger partial charge is 0.368 e. The summed E-state index contributed by atoms with van der Waals surface area (Å²) in [6, 6.07) is 5.00. The third kappa shape index (κ3) is 16.2. The Bertz CT molecular complexity index is 1200. The molecule has 0 aromatic heterocycles. The molecular formula is C30H41Cl4N5O4. The monoisotopic (exact) mass is 675 g/mol. The third-order valence-corrected chi connectivity index (χ3v) is 7.50. The molecule has 0 heterocycles. The van der Waals surface area contributed by atoms with E-state index in [9.17, 15) is 19.2 Å². The van der Waals surface area contributed by atoms with Crippen LogP contribution in [0.1, 0.15) is 51.5 Å². The summed E-state index contributed by atoms with van der Waals surface area (Å²) >= 11 is 24.6. The van der Waals surface area contributed by atoms with E-state index in [-0.39, 0.29) is 38.6 Å². The van der Waals surface area contributed by atoms with E-state index in [4.69, 9.17) is 57.9 Å². The molecule has 13 heteroatoms. The highest BCUT2D eigenvalue weighted by atomic mass is 35.5. The number of benzene rings is 1. The quantitative estimate of drug-likeness (QED) is 0.227. The van der Waals surface area contributed by atoms with Crippen LogP contribution in [-0.4, -0.2) is 72.7 Å². The Morgan fingerprint density at radius 2 is 1.60 bits per heavy atom. The highest BCUT2D eigenvalue weighted by Gasteiger charge is 2.23. The van der Waals surface area contributed by atoms with Crippen molar-refractivity contribution >= 4 is 70.0 Å². The van der Waals surface area contributed by atoms with E-state index in [1.165, 1.54) is 36.0 Å². The number of carbonyl (C=O) groups is 4. The van der Waals surface area contributed by atoms with Gasteiger partial charge in [0.05, 0.1) is 19.6 Å². The molecule has 0 aliphatic heterocycles. The van der Waals surface area contributed by atoms with Gasteiger partial charge in [0.1, 0.15) is 0 Å². The fourth-order valence-electron chi connectivity index (χ4n) is 3.84. The maximum atomic E-state index is 13.2. The average molecular weight is 678 g/mol. The number of primary amides is 1. The summed E-state index contributed by atoms with van der Waals surface area (Å²) in [7, 11) is 0. The number of rotatable bonds is 15. The first kappa shape index (κ1) is 38.5. The Balaban J connectivity index is 0.00000139. The van der Waals surface area contributed by atoms with Gasteiger partial charge in [-0.3, -0.25) is 19.2 Å². The molecule has 1 aliphatic carbocycles. The predicted molar refractivity (Wildman–Crippen MR) is 175 cm³/mol. The van der Waals surface area contributed by atoms with Crippen LogP contribution in [0, 0.1) is 0 Å². The Kier molecular flexibility index (Phi) is 19.0. The van der Waals surface area contributed by atoms with Gasteiger partial charge >= 0.3 is 0 Å². The minimum atomic E-state index is -0.698. The summed E-state index contributed by atoms with van der Waals surface area (Å²) in [5.41, 5.74) is 12.1. The number of hydrogen-bond donors (Lipinski definition) is 3. The second-order valence-corrected chi connectivity index (χ2v) is 11.5. The molecule has 2 rings (SSSR count). The van der Waals surface area contributed by atoms with Crippen LogP contribution in [0.2, 0.25) is 10.0 Å². The molecule has 43 heavy (non-hydrogen) atoms. The lowest BCUT2D eigenvalue weighted by Crippen LogP contribution is -2.48. The van der Waals surface area contributed by atoms with Gasteiger partial charge in [0.2, 0.25) is 23.6 Å². The van der Waals surface area contributed by atoms with Gasteiger partial charge in [-0.2, -0.15) is 0 Å². The fraction of sp³-hybridized carbons (Fsp3) is 0.467. The van der Waals surface area contributed by atoms with E-state index >= 15 is 0 Å². The van der Waals surface area contributed by atoms with Crippen molar-refractivity contribution in [3.05, 3.63) is 67.7 Å². The molecule has 0 fully saturated rings. The summed E-state index contributed by atoms with van der Waals surface area (Å²) in [5.74, 6) is -2.03. The first-order valence-corrected chi connectivity index (χ1v) is 15.5. The molecule has 5 N–H and O–H groups in total. The van der Waals surface area contributed by atoms with Crippen molar-refractivity contribution < 1.29 is 19.2 Å². The van der Waals surface area contributed by atoms with E-state index in [1.807, 2.05) is 0 Å². The normalized spacial score (nSPS) is 12.5. The summed E-state index contributed by atoms with van der Waals surface area (Å²) in [5, 5.41) is 4.47. The molecule has 0 bridgehead atoms. The molecule has 0 radical (unpaired) electrons. The number of carbonyl (C=O) groups excluding carboxylic acids is 4. The minimum absolute atomic E-state index is 0.138. The number of allylic oxidation sites excluding steroid dienone is 5. The number of amides is 4. The zero-order valence-corrected chi connectivity index (χ0v) is 27.7. The second kappa shape index (κ2) is 21.2. The van der Waals surface area contributed by atoms with Gasteiger partial charge in [-0.05, 0) is 55.2 Å². The molecule has 1 aromatic rings. The molecule has 0 unspecified atom stereocenters. The zero-order chi connectivity index (χ0) is 32.4. The average Bonchev–Trinajstić information content (AvgIpc) is 3.11. The van der Waals surface area contributed by atoms with Gasteiger partial charge in [-0.1, -0.05) is 84.4 Å². The topological polar surface area (TPSA) is 139 Å². The Morgan fingerprint density at radius 1 is 0.930 bits per heavy atom. The van der Waals surface area contributed by atoms with E-state index in [1.54, 1.807) is 36.4 Å². The predicted octanol–water partition coefficient (Wildman–Crippen LogP) is 4.92. The summed E-state index contributed by atoms with van der Waals surface area (Å²) in [6.07, 6.45) is 10.2. The minimum Gasteiger partial charge on any atom is -0.368 e. The first-order valence-electron chi connectivity index (χ1n) is 14.0. The molecule has 0 atom stereocenters. The number of halogens is 4. The highest BCUT2D eigenvalue weighted by molar-refractivity contribution is 6.35. The van der Waals surface area contributed by atoms with Crippen molar-refractivity contribution in [3.8, 4) is 0 Å². The molecule has 0 saturated carbocycles. The fourth-order valence-corrected chi connectivity index (χ4v) is 4.71. The lowest BCUT2D eigenvalue weighted by molar-refractivity contribution is -0.141. The smallest absolute Gasteiger partial charge is 0.242 e. The molecule has 238 valence electrons. The summed E-state index contributed by atoms with van der Waals surface area (Å²) in [6.45, 7) is 3.65. The molecule has 1 aromatic carbocycles. The van der Waals surface area contributed by atoms with Crippen molar-refractivity contribution in [2.75, 3.05) is 39.3 Å². The maximum absolute atomic E-state index is 13.2. The van der Waals surface area contributed by atoms with Crippen molar-refractivity contribution in [2.24, 2.45) is 11.5 Å². The van der Waals surface area contributed by atoms with Crippen molar-refractivity contribution in [3.63, 3.8) is 0 Å². The van der Waals surface area contributed by atoms with E-state index in [0.717, 1.165) is 17.7 Å². The number of hydrogen-bond acceptors (Lipinski definition) is 5. The van der Waals surface area contributed by atoms with Crippen LogP contribution >= 0.6 is 46.4 Å². The lowest BCUT2D eigenvalue weighted by Gasteiger charge is -2.27. The van der Waals surface area contributed by atoms with Crippen LogP contribution < -0.4 is 16.8 Å². The number of nitrogens with zero attached hydrogens (tertiary/aromatic N) is 2. The van der Waals surface area contributed by atoms with Gasteiger partial charge in [0.25, 0.3) is 0 Å². The van der Waals surface area contributed by atoms with Crippen LogP contribution in [0.5, 0.6) is 0 Å². The number of nitrogens with one attached hydrogen (secondary N) is 1. The summed E-state index contributed by atoms with van der Waals surface area (Å²) < 4.78 is 0. The van der Waals surface area contributed by atoms with Gasteiger partial charge in [0, 0.05) is 46.5 Å². The van der Waals surface area contributed by atoms with Crippen LogP contribution in [0.3, 0.4) is 0 Å². The summed E-state index contributed by atoms with van der Waals surface area (Å²) in [4.78, 5) is 51.7. The number of unbranched alkanes of at least 4 members (excludes halogenated alkanes) is 2. The Hall–Kier alpha value is -2.56. The SMILES string of the molecule is CC(=O)NCC(=O)N(CCC1=CC=C(Cl)CC=C1Cl)CC(=O)N(CCc1ccc(Cl)cc1Cl)CC(N)=O.CCCCCN. The van der Waals surface area contributed by atoms with Crippen molar-refractivity contribution in [1.29, 1.82) is 0 Å². The van der Waals surface area contributed by atoms with E-state index in [0.29, 0.717) is 39.4 Å². The van der Waals surface area contributed by atoms with Crippen molar-refractivity contribution in [1.82, 2.24) is 15.1 Å². The number of nitrogens with two attached hydrogens (primary N) is 2. The standard InChI is InChI=1S/C25H28Cl4N4O4.C5H13N/c1-16(34)31-13-24(36)33(11-8-17-2-4-19(26)6-7-21(17)28)15-25(37)32(14-23(30)35)10-9-18-3-5-20(27)12-22(18)29;1-2-3-4-5-6/h2-5,7,12H,6,8-11,13-15H2,1H3,(H2,30,35)(H,31,34);2-6H2,1H3. The molecule has 9 nitrogen and oxygen atoms in total. The van der Waals surface area contributed by atoms with Crippen molar-refractivity contribution in [2.45, 2.75) is 52.4 Å². The molecule has 1 aliphatic rings. The second-order valence-electron chi connectivity index (χ2n) is 9.80. The van der Waals surface area contributed by atoms with E-state index < -0.39 is 17.7 Å². The Labute approximate surface area is 274 Å². The van der Waals surface area contributed by atoms with Gasteiger partial charge in [-0.25, -0.2) is 0 Å². The first-order chi connectivity index (χ1) is 20.4. The van der Waals surface area contributed by atoms with Crippen LogP contribution in [0.25, 0.3) is 0 Å². The highest BCUT2D eigenvalue weighted by Crippen LogP contribution is 2.26. The third-order valence-electron chi connectivity index (χ3n) is 6.24. The van der Waals surface area contributed by atoms with Crippen LogP contribution in [0.15, 0.2) is 52.1 Å². The maximum Gasteiger partial charge on any atom is 0.242 e. The zero-order valence-electron chi connectivity index (χ0n) is 24.6. The van der Waals surface area contributed by atoms with E-state index in [2.05, 4.69) is 12.2 Å². The van der Waals surface area contributed by atoms with Gasteiger partial charge < -0.3 is 26.6 Å². The molecule has 4 amide bonds. The van der Waals surface area contributed by atoms with Gasteiger partial charge in [0.15, 0.2) is 0 Å². The van der Waals surface area contributed by atoms with Crippen LogP contribution in [0.4, 0.5) is 0 Å². The van der Waals surface area contributed by atoms with Crippen LogP contribution in [-0.2, 0) is 25.6 Å². The Morgan fingerprint density at radius 3 is 2.19 bits per heavy atom. The molecular weight excluding hydrogens is 636 g/mol. The van der Waals surface area contributed by atoms with Gasteiger partial charge in [-0.15, -0.1) is 0 Å². The molecule has 0 saturated heterocycles. The lowest BCUT2D eigenvalue weighted by atomic mass is 10.1. The molecule has 0 spiro atoms.